The largest absolute Gasteiger partial charge is 0.447 e. The predicted octanol–water partition coefficient (Wildman–Crippen LogP) is 2.82. The highest BCUT2D eigenvalue weighted by molar-refractivity contribution is 5.97. The lowest BCUT2D eigenvalue weighted by atomic mass is 9.97. The van der Waals surface area contributed by atoms with Gasteiger partial charge >= 0.3 is 6.09 Å². The summed E-state index contributed by atoms with van der Waals surface area (Å²) in [6.45, 7) is 6.61. The number of piperidine rings is 1. The van der Waals surface area contributed by atoms with Crippen LogP contribution in [0, 0.1) is 5.92 Å². The molecule has 7 nitrogen and oxygen atoms in total. The number of likely N-dealkylation sites (tertiary alicyclic amines) is 1. The molecule has 2 saturated heterocycles. The highest BCUT2D eigenvalue weighted by atomic mass is 16.6. The summed E-state index contributed by atoms with van der Waals surface area (Å²) < 4.78 is 5.27. The molecule has 2 fully saturated rings. The number of ether oxygens (including phenoxy) is 1. The van der Waals surface area contributed by atoms with E-state index < -0.39 is 0 Å². The van der Waals surface area contributed by atoms with E-state index in [1.165, 1.54) is 5.56 Å². The van der Waals surface area contributed by atoms with Crippen molar-refractivity contribution >= 4 is 23.6 Å². The average Bonchev–Trinajstić information content (AvgIpc) is 3.35. The van der Waals surface area contributed by atoms with Gasteiger partial charge in [-0.2, -0.15) is 0 Å². The van der Waals surface area contributed by atoms with E-state index in [0.29, 0.717) is 32.2 Å². The van der Waals surface area contributed by atoms with Gasteiger partial charge in [0.25, 0.3) is 0 Å². The molecule has 0 bridgehead atoms. The number of para-hydroxylation sites is 1. The van der Waals surface area contributed by atoms with Gasteiger partial charge < -0.3 is 14.5 Å². The quantitative estimate of drug-likeness (QED) is 0.744. The highest BCUT2D eigenvalue weighted by Crippen LogP contribution is 2.29. The van der Waals surface area contributed by atoms with Crippen molar-refractivity contribution in [2.24, 2.45) is 5.92 Å². The third kappa shape index (κ3) is 4.02. The fourth-order valence-corrected chi connectivity index (χ4v) is 4.88. The monoisotopic (exact) mass is 413 g/mol. The Labute approximate surface area is 177 Å². The number of fused-ring (bicyclic) bond motifs is 1. The average molecular weight is 414 g/mol. The molecule has 0 saturated carbocycles. The molecular weight excluding hydrogens is 382 g/mol. The van der Waals surface area contributed by atoms with Crippen molar-refractivity contribution in [3.63, 3.8) is 0 Å². The van der Waals surface area contributed by atoms with E-state index >= 15 is 0 Å². The van der Waals surface area contributed by atoms with Crippen LogP contribution in [-0.2, 0) is 20.7 Å². The maximum Gasteiger partial charge on any atom is 0.410 e. The normalized spacial score (nSPS) is 21.9. The molecule has 3 aliphatic rings. The van der Waals surface area contributed by atoms with E-state index in [-0.39, 0.29) is 42.8 Å². The van der Waals surface area contributed by atoms with Crippen LogP contribution in [0.5, 0.6) is 0 Å². The molecule has 0 N–H and O–H groups in total. The molecule has 30 heavy (non-hydrogen) atoms. The van der Waals surface area contributed by atoms with Gasteiger partial charge in [0.2, 0.25) is 11.8 Å². The summed E-state index contributed by atoms with van der Waals surface area (Å²) in [5.41, 5.74) is 2.17. The van der Waals surface area contributed by atoms with Gasteiger partial charge in [0.1, 0.15) is 6.61 Å². The molecular formula is C23H31N3O4. The Bertz CT molecular complexity index is 816. The molecule has 3 amide bonds. The van der Waals surface area contributed by atoms with Gasteiger partial charge in [-0.15, -0.1) is 0 Å². The first-order valence-corrected chi connectivity index (χ1v) is 11.1. The molecule has 1 atom stereocenters. The lowest BCUT2D eigenvalue weighted by Crippen LogP contribution is -2.51. The van der Waals surface area contributed by atoms with E-state index in [2.05, 4.69) is 19.9 Å². The number of hydrogen-bond acceptors (Lipinski definition) is 4. The lowest BCUT2D eigenvalue weighted by Gasteiger charge is -2.38. The molecule has 1 unspecified atom stereocenters. The number of carbonyl (C=O) groups excluding carboxylic acids is 3. The van der Waals surface area contributed by atoms with Crippen LogP contribution in [0.3, 0.4) is 0 Å². The van der Waals surface area contributed by atoms with Crippen LogP contribution in [0.2, 0.25) is 0 Å². The minimum absolute atomic E-state index is 0.0165. The second-order valence-corrected chi connectivity index (χ2v) is 8.83. The van der Waals surface area contributed by atoms with Crippen molar-refractivity contribution in [3.05, 3.63) is 29.8 Å². The Balaban J connectivity index is 1.26. The van der Waals surface area contributed by atoms with Crippen molar-refractivity contribution in [2.75, 3.05) is 31.1 Å². The minimum atomic E-state index is -0.227. The molecule has 4 rings (SSSR count). The van der Waals surface area contributed by atoms with E-state index in [1.807, 2.05) is 28.0 Å². The fraction of sp³-hybridized carbons (Fsp3) is 0.609. The Morgan fingerprint density at radius 1 is 1.07 bits per heavy atom. The molecule has 3 aliphatic heterocycles. The molecule has 3 heterocycles. The maximum atomic E-state index is 12.7. The van der Waals surface area contributed by atoms with Gasteiger partial charge in [0.05, 0.1) is 6.04 Å². The Morgan fingerprint density at radius 2 is 1.77 bits per heavy atom. The predicted molar refractivity (Wildman–Crippen MR) is 113 cm³/mol. The standard InChI is InChI=1S/C23H31N3O4/c1-16(2)20-15-30-23(29)26(20)18-10-12-24(13-11-18)21(27)7-8-22(28)25-14-9-17-5-3-4-6-19(17)25/h3-6,16,18,20H,7-15H2,1-2H3. The summed E-state index contributed by atoms with van der Waals surface area (Å²) in [4.78, 5) is 43.0. The second kappa shape index (κ2) is 8.66. The number of hydrogen-bond donors (Lipinski definition) is 0. The van der Waals surface area contributed by atoms with Crippen LogP contribution in [-0.4, -0.2) is 66.0 Å². The topological polar surface area (TPSA) is 70.2 Å². The summed E-state index contributed by atoms with van der Waals surface area (Å²) >= 11 is 0. The Hall–Kier alpha value is -2.57. The molecule has 0 radical (unpaired) electrons. The summed E-state index contributed by atoms with van der Waals surface area (Å²) in [6, 6.07) is 8.20. The van der Waals surface area contributed by atoms with E-state index in [1.54, 1.807) is 4.90 Å². The molecule has 7 heteroatoms. The first kappa shape index (κ1) is 20.7. The van der Waals surface area contributed by atoms with Crippen molar-refractivity contribution in [2.45, 2.75) is 58.0 Å². The number of benzene rings is 1. The summed E-state index contributed by atoms with van der Waals surface area (Å²) in [5.74, 6) is 0.388. The Kier molecular flexibility index (Phi) is 5.97. The van der Waals surface area contributed by atoms with Crippen LogP contribution in [0.4, 0.5) is 10.5 Å². The molecule has 1 aromatic rings. The number of cyclic esters (lactones) is 1. The summed E-state index contributed by atoms with van der Waals surface area (Å²) in [6.07, 6.45) is 2.65. The van der Waals surface area contributed by atoms with Crippen LogP contribution in [0.1, 0.15) is 45.1 Å². The molecule has 1 aromatic carbocycles. The Morgan fingerprint density at radius 3 is 2.50 bits per heavy atom. The van der Waals surface area contributed by atoms with Crippen molar-refractivity contribution < 1.29 is 19.1 Å². The van der Waals surface area contributed by atoms with Crippen molar-refractivity contribution in [3.8, 4) is 0 Å². The first-order valence-electron chi connectivity index (χ1n) is 11.1. The van der Waals surface area contributed by atoms with Crippen LogP contribution in [0.15, 0.2) is 24.3 Å². The molecule has 0 aromatic heterocycles. The molecule has 162 valence electrons. The van der Waals surface area contributed by atoms with E-state index in [4.69, 9.17) is 4.74 Å². The van der Waals surface area contributed by atoms with Crippen LogP contribution < -0.4 is 4.90 Å². The third-order valence-electron chi connectivity index (χ3n) is 6.67. The number of anilines is 1. The van der Waals surface area contributed by atoms with Crippen LogP contribution >= 0.6 is 0 Å². The zero-order valence-electron chi connectivity index (χ0n) is 17.9. The highest BCUT2D eigenvalue weighted by Gasteiger charge is 2.41. The second-order valence-electron chi connectivity index (χ2n) is 8.83. The minimum Gasteiger partial charge on any atom is -0.447 e. The zero-order valence-corrected chi connectivity index (χ0v) is 17.9. The van der Waals surface area contributed by atoms with E-state index in [9.17, 15) is 14.4 Å². The number of carbonyl (C=O) groups is 3. The van der Waals surface area contributed by atoms with Crippen molar-refractivity contribution in [1.82, 2.24) is 9.80 Å². The van der Waals surface area contributed by atoms with Gasteiger partial charge in [-0.1, -0.05) is 32.0 Å². The van der Waals surface area contributed by atoms with Crippen LogP contribution in [0.25, 0.3) is 0 Å². The maximum absolute atomic E-state index is 12.7. The first-order chi connectivity index (χ1) is 14.5. The van der Waals surface area contributed by atoms with Gasteiger partial charge in [-0.25, -0.2) is 4.79 Å². The lowest BCUT2D eigenvalue weighted by molar-refractivity contribution is -0.134. The zero-order chi connectivity index (χ0) is 21.3. The fourth-order valence-electron chi connectivity index (χ4n) is 4.88. The van der Waals surface area contributed by atoms with Gasteiger partial charge in [0, 0.05) is 44.2 Å². The molecule has 0 spiro atoms. The number of amides is 3. The third-order valence-corrected chi connectivity index (χ3v) is 6.67. The summed E-state index contributed by atoms with van der Waals surface area (Å²) in [5, 5.41) is 0. The van der Waals surface area contributed by atoms with Gasteiger partial charge in [-0.05, 0) is 36.8 Å². The van der Waals surface area contributed by atoms with Crippen molar-refractivity contribution in [1.29, 1.82) is 0 Å². The van der Waals surface area contributed by atoms with E-state index in [0.717, 1.165) is 24.9 Å². The number of rotatable bonds is 5. The summed E-state index contributed by atoms with van der Waals surface area (Å²) in [7, 11) is 0. The molecule has 0 aliphatic carbocycles. The smallest absolute Gasteiger partial charge is 0.410 e. The SMILES string of the molecule is CC(C)C1COC(=O)N1C1CCN(C(=O)CCC(=O)N2CCc3ccccc32)CC1. The number of nitrogens with zero attached hydrogens (tertiary/aromatic N) is 3. The van der Waals surface area contributed by atoms with Gasteiger partial charge in [-0.3, -0.25) is 14.5 Å². The van der Waals surface area contributed by atoms with Gasteiger partial charge in [0.15, 0.2) is 0 Å².